The molecular formula is C9H15NO4. The first-order chi connectivity index (χ1) is 6.65. The number of likely N-dealkylation sites (tertiary alicyclic amines) is 1. The highest BCUT2D eigenvalue weighted by atomic mass is 16.5. The topological polar surface area (TPSA) is 66.8 Å². The first-order valence-corrected chi connectivity index (χ1v) is 4.73. The molecule has 0 aromatic rings. The van der Waals surface area contributed by atoms with Crippen molar-refractivity contribution in [2.75, 3.05) is 26.3 Å². The molecular weight excluding hydrogens is 186 g/mol. The van der Waals surface area contributed by atoms with Gasteiger partial charge in [-0.25, -0.2) is 0 Å². The van der Waals surface area contributed by atoms with Gasteiger partial charge in [-0.3, -0.25) is 9.59 Å². The number of hydrogen-bond donors (Lipinski definition) is 1. The number of amides is 1. The molecule has 1 heterocycles. The zero-order valence-electron chi connectivity index (χ0n) is 8.23. The third kappa shape index (κ3) is 2.70. The number of rotatable bonds is 5. The van der Waals surface area contributed by atoms with E-state index in [1.54, 1.807) is 4.90 Å². The van der Waals surface area contributed by atoms with Crippen LogP contribution in [0.2, 0.25) is 0 Å². The van der Waals surface area contributed by atoms with Crippen molar-refractivity contribution in [1.29, 1.82) is 0 Å². The van der Waals surface area contributed by atoms with Crippen LogP contribution in [-0.2, 0) is 14.3 Å². The van der Waals surface area contributed by atoms with Crippen LogP contribution in [0.3, 0.4) is 0 Å². The second kappa shape index (κ2) is 4.95. The molecule has 0 radical (unpaired) electrons. The van der Waals surface area contributed by atoms with Crippen molar-refractivity contribution in [3.8, 4) is 0 Å². The minimum atomic E-state index is -0.891. The van der Waals surface area contributed by atoms with E-state index < -0.39 is 11.9 Å². The second-order valence-corrected chi connectivity index (χ2v) is 3.28. The predicted octanol–water partition coefficient (Wildman–Crippen LogP) is -0.0440. The Morgan fingerprint density at radius 1 is 1.71 bits per heavy atom. The summed E-state index contributed by atoms with van der Waals surface area (Å²) in [6.45, 7) is 3.79. The van der Waals surface area contributed by atoms with E-state index in [9.17, 15) is 9.59 Å². The van der Waals surface area contributed by atoms with Crippen LogP contribution >= 0.6 is 0 Å². The average molecular weight is 201 g/mol. The fraction of sp³-hybridized carbons (Fsp3) is 0.778. The number of hydrogen-bond acceptors (Lipinski definition) is 3. The summed E-state index contributed by atoms with van der Waals surface area (Å²) in [5.74, 6) is -1.52. The SMILES string of the molecule is CCOCCN1CC(C(=O)O)CC1=O. The van der Waals surface area contributed by atoms with Crippen molar-refractivity contribution in [2.45, 2.75) is 13.3 Å². The molecule has 80 valence electrons. The van der Waals surface area contributed by atoms with Crippen LogP contribution in [0.4, 0.5) is 0 Å². The van der Waals surface area contributed by atoms with Crippen LogP contribution in [0, 0.1) is 5.92 Å². The summed E-state index contributed by atoms with van der Waals surface area (Å²) in [7, 11) is 0. The Bertz CT molecular complexity index is 229. The number of carbonyl (C=O) groups is 2. The third-order valence-electron chi connectivity index (χ3n) is 2.27. The number of ether oxygens (including phenoxy) is 1. The molecule has 1 aliphatic heterocycles. The maximum absolute atomic E-state index is 11.3. The molecule has 0 aromatic heterocycles. The summed E-state index contributed by atoms with van der Waals surface area (Å²) in [6, 6.07) is 0. The quantitative estimate of drug-likeness (QED) is 0.633. The fourth-order valence-electron chi connectivity index (χ4n) is 1.47. The van der Waals surface area contributed by atoms with Gasteiger partial charge < -0.3 is 14.7 Å². The second-order valence-electron chi connectivity index (χ2n) is 3.28. The van der Waals surface area contributed by atoms with Crippen molar-refractivity contribution >= 4 is 11.9 Å². The summed E-state index contributed by atoms with van der Waals surface area (Å²) in [5.41, 5.74) is 0. The van der Waals surface area contributed by atoms with Crippen LogP contribution in [0.1, 0.15) is 13.3 Å². The molecule has 1 amide bonds. The van der Waals surface area contributed by atoms with Gasteiger partial charge in [0, 0.05) is 26.1 Å². The Labute approximate surface area is 82.6 Å². The van der Waals surface area contributed by atoms with Crippen molar-refractivity contribution in [1.82, 2.24) is 4.90 Å². The summed E-state index contributed by atoms with van der Waals surface area (Å²) in [4.78, 5) is 23.5. The van der Waals surface area contributed by atoms with E-state index in [0.717, 1.165) is 0 Å². The minimum absolute atomic E-state index is 0.0860. The summed E-state index contributed by atoms with van der Waals surface area (Å²) < 4.78 is 5.10. The maximum Gasteiger partial charge on any atom is 0.308 e. The molecule has 1 atom stereocenters. The molecule has 1 N–H and O–H groups in total. The van der Waals surface area contributed by atoms with Gasteiger partial charge in [0.15, 0.2) is 0 Å². The molecule has 0 spiro atoms. The lowest BCUT2D eigenvalue weighted by atomic mass is 10.1. The largest absolute Gasteiger partial charge is 0.481 e. The Balaban J connectivity index is 2.33. The number of carboxylic acid groups (broad SMARTS) is 1. The van der Waals surface area contributed by atoms with Gasteiger partial charge in [0.2, 0.25) is 5.91 Å². The number of carbonyl (C=O) groups excluding carboxylic acids is 1. The van der Waals surface area contributed by atoms with Crippen molar-refractivity contribution in [3.63, 3.8) is 0 Å². The van der Waals surface area contributed by atoms with Gasteiger partial charge >= 0.3 is 5.97 Å². The Kier molecular flexibility index (Phi) is 3.88. The standard InChI is InChI=1S/C9H15NO4/c1-2-14-4-3-10-6-7(9(12)13)5-8(10)11/h7H,2-6H2,1H3,(H,12,13). The van der Waals surface area contributed by atoms with Crippen LogP contribution in [0.5, 0.6) is 0 Å². The molecule has 0 saturated carbocycles. The molecule has 14 heavy (non-hydrogen) atoms. The lowest BCUT2D eigenvalue weighted by Crippen LogP contribution is -2.29. The van der Waals surface area contributed by atoms with E-state index in [-0.39, 0.29) is 12.3 Å². The Hall–Kier alpha value is -1.10. The molecule has 1 fully saturated rings. The lowest BCUT2D eigenvalue weighted by molar-refractivity contribution is -0.141. The smallest absolute Gasteiger partial charge is 0.308 e. The van der Waals surface area contributed by atoms with E-state index >= 15 is 0 Å². The van der Waals surface area contributed by atoms with Crippen LogP contribution < -0.4 is 0 Å². The van der Waals surface area contributed by atoms with Gasteiger partial charge in [-0.2, -0.15) is 0 Å². The third-order valence-corrected chi connectivity index (χ3v) is 2.27. The van der Waals surface area contributed by atoms with Gasteiger partial charge in [0.05, 0.1) is 12.5 Å². The monoisotopic (exact) mass is 201 g/mol. The van der Waals surface area contributed by atoms with E-state index in [2.05, 4.69) is 0 Å². The molecule has 1 aliphatic rings. The van der Waals surface area contributed by atoms with Gasteiger partial charge in [-0.1, -0.05) is 0 Å². The maximum atomic E-state index is 11.3. The van der Waals surface area contributed by atoms with E-state index in [0.29, 0.717) is 26.3 Å². The van der Waals surface area contributed by atoms with E-state index in [1.165, 1.54) is 0 Å². The molecule has 1 saturated heterocycles. The highest BCUT2D eigenvalue weighted by Gasteiger charge is 2.33. The van der Waals surface area contributed by atoms with Crippen LogP contribution in [0.15, 0.2) is 0 Å². The molecule has 0 aromatic carbocycles. The normalized spacial score (nSPS) is 21.6. The summed E-state index contributed by atoms with van der Waals surface area (Å²) in [6.07, 6.45) is 0.126. The van der Waals surface area contributed by atoms with Gasteiger partial charge in [0.1, 0.15) is 0 Å². The molecule has 0 bridgehead atoms. The zero-order valence-corrected chi connectivity index (χ0v) is 8.23. The van der Waals surface area contributed by atoms with Crippen molar-refractivity contribution < 1.29 is 19.4 Å². The van der Waals surface area contributed by atoms with Crippen molar-refractivity contribution in [2.24, 2.45) is 5.92 Å². The number of nitrogens with zero attached hydrogens (tertiary/aromatic N) is 1. The van der Waals surface area contributed by atoms with E-state index in [1.807, 2.05) is 6.92 Å². The molecule has 5 nitrogen and oxygen atoms in total. The predicted molar refractivity (Wildman–Crippen MR) is 48.8 cm³/mol. The van der Waals surface area contributed by atoms with Gasteiger partial charge in [-0.15, -0.1) is 0 Å². The Morgan fingerprint density at radius 3 is 2.93 bits per heavy atom. The first kappa shape index (κ1) is 11.0. The molecule has 5 heteroatoms. The fourth-order valence-corrected chi connectivity index (χ4v) is 1.47. The molecule has 1 unspecified atom stereocenters. The molecule has 0 aliphatic carbocycles. The number of aliphatic carboxylic acids is 1. The van der Waals surface area contributed by atoms with Gasteiger partial charge in [0.25, 0.3) is 0 Å². The molecule has 1 rings (SSSR count). The van der Waals surface area contributed by atoms with Crippen molar-refractivity contribution in [3.05, 3.63) is 0 Å². The minimum Gasteiger partial charge on any atom is -0.481 e. The average Bonchev–Trinajstić information content (AvgIpc) is 2.49. The van der Waals surface area contributed by atoms with Crippen LogP contribution in [-0.4, -0.2) is 48.2 Å². The number of carboxylic acids is 1. The summed E-state index contributed by atoms with van der Waals surface area (Å²) >= 11 is 0. The van der Waals surface area contributed by atoms with E-state index in [4.69, 9.17) is 9.84 Å². The highest BCUT2D eigenvalue weighted by molar-refractivity contribution is 5.86. The summed E-state index contributed by atoms with van der Waals surface area (Å²) in [5, 5.41) is 8.71. The zero-order chi connectivity index (χ0) is 10.6. The highest BCUT2D eigenvalue weighted by Crippen LogP contribution is 2.17. The first-order valence-electron chi connectivity index (χ1n) is 4.73. The van der Waals surface area contributed by atoms with Gasteiger partial charge in [-0.05, 0) is 6.92 Å². The lowest BCUT2D eigenvalue weighted by Gasteiger charge is -2.15. The van der Waals surface area contributed by atoms with Crippen LogP contribution in [0.25, 0.3) is 0 Å². The Morgan fingerprint density at radius 2 is 2.43 bits per heavy atom.